The summed E-state index contributed by atoms with van der Waals surface area (Å²) in [5, 5.41) is 9.05. The third-order valence-corrected chi connectivity index (χ3v) is 3.78. The van der Waals surface area contributed by atoms with Gasteiger partial charge < -0.3 is 4.74 Å². The van der Waals surface area contributed by atoms with E-state index in [2.05, 4.69) is 5.10 Å². The van der Waals surface area contributed by atoms with Gasteiger partial charge in [0.05, 0.1) is 6.61 Å². The molecule has 16 heavy (non-hydrogen) atoms. The molecule has 7 heteroatoms. The van der Waals surface area contributed by atoms with Crippen LogP contribution in [0.1, 0.15) is 24.8 Å². The second-order valence-electron chi connectivity index (χ2n) is 4.31. The lowest BCUT2D eigenvalue weighted by atomic mass is 10.2. The largest absolute Gasteiger partial charge is 0.356 e. The number of rotatable bonds is 2. The van der Waals surface area contributed by atoms with Crippen LogP contribution in [-0.2, 0) is 21.2 Å². The van der Waals surface area contributed by atoms with Crippen molar-refractivity contribution in [1.29, 1.82) is 0 Å². The molecule has 1 saturated carbocycles. The molecule has 1 fully saturated rings. The molecule has 1 aromatic heterocycles. The summed E-state index contributed by atoms with van der Waals surface area (Å²) in [6.45, 7) is 0.622. The zero-order valence-corrected chi connectivity index (χ0v) is 9.48. The van der Waals surface area contributed by atoms with Crippen LogP contribution in [0.15, 0.2) is 11.1 Å². The van der Waals surface area contributed by atoms with Crippen molar-refractivity contribution in [3.63, 3.8) is 0 Å². The van der Waals surface area contributed by atoms with Crippen LogP contribution in [-0.4, -0.2) is 24.8 Å². The van der Waals surface area contributed by atoms with E-state index in [4.69, 9.17) is 9.88 Å². The first-order chi connectivity index (χ1) is 7.55. The van der Waals surface area contributed by atoms with Gasteiger partial charge in [-0.05, 0) is 12.8 Å². The number of fused-ring (bicyclic) bond motifs is 1. The van der Waals surface area contributed by atoms with Gasteiger partial charge in [0.25, 0.3) is 10.0 Å². The highest BCUT2D eigenvalue weighted by Gasteiger charge is 2.37. The van der Waals surface area contributed by atoms with Gasteiger partial charge in [-0.2, -0.15) is 5.10 Å². The summed E-state index contributed by atoms with van der Waals surface area (Å²) >= 11 is 0. The molecule has 0 radical (unpaired) electrons. The maximum Gasteiger partial charge on any atom is 0.257 e. The van der Waals surface area contributed by atoms with Crippen molar-refractivity contribution in [1.82, 2.24) is 9.78 Å². The van der Waals surface area contributed by atoms with Gasteiger partial charge in [0.2, 0.25) is 0 Å². The van der Waals surface area contributed by atoms with Gasteiger partial charge in [-0.3, -0.25) is 0 Å². The van der Waals surface area contributed by atoms with Crippen LogP contribution in [0, 0.1) is 5.92 Å². The minimum atomic E-state index is -3.71. The molecule has 0 aromatic carbocycles. The Labute approximate surface area is 93.4 Å². The summed E-state index contributed by atoms with van der Waals surface area (Å²) in [6, 6.07) is 1.55. The smallest absolute Gasteiger partial charge is 0.257 e. The van der Waals surface area contributed by atoms with Crippen molar-refractivity contribution in [2.75, 3.05) is 6.61 Å². The minimum absolute atomic E-state index is 0.0568. The van der Waals surface area contributed by atoms with Crippen LogP contribution in [0.2, 0.25) is 0 Å². The number of ether oxygens (including phenoxy) is 1. The first-order valence-electron chi connectivity index (χ1n) is 5.28. The van der Waals surface area contributed by atoms with E-state index in [1.807, 2.05) is 0 Å². The zero-order valence-electron chi connectivity index (χ0n) is 8.67. The van der Waals surface area contributed by atoms with Gasteiger partial charge in [-0.1, -0.05) is 0 Å². The van der Waals surface area contributed by atoms with Crippen LogP contribution >= 0.6 is 0 Å². The normalized spacial score (nSPS) is 25.4. The first-order valence-corrected chi connectivity index (χ1v) is 6.83. The molecule has 2 N–H and O–H groups in total. The summed E-state index contributed by atoms with van der Waals surface area (Å²) in [5.41, 5.74) is 0.896. The maximum atomic E-state index is 11.2. The number of sulfonamides is 1. The highest BCUT2D eigenvalue weighted by Crippen LogP contribution is 2.42. The van der Waals surface area contributed by atoms with Crippen LogP contribution < -0.4 is 5.14 Å². The van der Waals surface area contributed by atoms with E-state index in [1.54, 1.807) is 10.7 Å². The Hall–Kier alpha value is -0.920. The Morgan fingerprint density at radius 3 is 2.88 bits per heavy atom. The lowest BCUT2D eigenvalue weighted by Gasteiger charge is -2.24. The number of hydrogen-bond donors (Lipinski definition) is 1. The Kier molecular flexibility index (Phi) is 2.10. The molecule has 2 heterocycles. The van der Waals surface area contributed by atoms with Gasteiger partial charge in [0, 0.05) is 24.1 Å². The molecule has 2 aliphatic rings. The summed E-state index contributed by atoms with van der Waals surface area (Å²) in [5.74, 6) is 0.479. The van der Waals surface area contributed by atoms with Gasteiger partial charge in [-0.25, -0.2) is 18.2 Å². The third kappa shape index (κ3) is 1.64. The Morgan fingerprint density at radius 2 is 2.25 bits per heavy atom. The minimum Gasteiger partial charge on any atom is -0.356 e. The van der Waals surface area contributed by atoms with Crippen molar-refractivity contribution in [2.24, 2.45) is 11.1 Å². The van der Waals surface area contributed by atoms with E-state index in [-0.39, 0.29) is 11.3 Å². The second kappa shape index (κ2) is 3.28. The van der Waals surface area contributed by atoms with Crippen LogP contribution in [0.5, 0.6) is 0 Å². The van der Waals surface area contributed by atoms with E-state index in [1.165, 1.54) is 0 Å². The van der Waals surface area contributed by atoms with Gasteiger partial charge in [-0.15, -0.1) is 0 Å². The summed E-state index contributed by atoms with van der Waals surface area (Å²) < 4.78 is 29.7. The van der Waals surface area contributed by atoms with E-state index in [9.17, 15) is 8.42 Å². The fourth-order valence-electron chi connectivity index (χ4n) is 2.03. The fraction of sp³-hybridized carbons (Fsp3) is 0.667. The lowest BCUT2D eigenvalue weighted by molar-refractivity contribution is -0.0407. The summed E-state index contributed by atoms with van der Waals surface area (Å²) in [4.78, 5) is 0. The average molecular weight is 243 g/mol. The van der Waals surface area contributed by atoms with E-state index in [0.717, 1.165) is 18.5 Å². The predicted molar refractivity (Wildman–Crippen MR) is 55.0 cm³/mol. The summed E-state index contributed by atoms with van der Waals surface area (Å²) in [6.07, 6.45) is 2.83. The van der Waals surface area contributed by atoms with Gasteiger partial charge in [0.15, 0.2) is 11.3 Å². The third-order valence-electron chi connectivity index (χ3n) is 3.00. The van der Waals surface area contributed by atoms with Crippen LogP contribution in [0.4, 0.5) is 0 Å². The van der Waals surface area contributed by atoms with Gasteiger partial charge in [0.1, 0.15) is 0 Å². The highest BCUT2D eigenvalue weighted by molar-refractivity contribution is 7.89. The molecule has 0 bridgehead atoms. The van der Waals surface area contributed by atoms with Gasteiger partial charge >= 0.3 is 0 Å². The standard InChI is InChI=1S/C9H13N3O3S/c10-16(13,14)8-5-7-3-4-15-9(6-1-2-6)12(7)11-8/h5-6,9H,1-4H2,(H2,10,13,14). The fourth-order valence-corrected chi connectivity index (χ4v) is 2.53. The van der Waals surface area contributed by atoms with Crippen molar-refractivity contribution in [2.45, 2.75) is 30.5 Å². The van der Waals surface area contributed by atoms with Crippen molar-refractivity contribution in [3.05, 3.63) is 11.8 Å². The van der Waals surface area contributed by atoms with E-state index in [0.29, 0.717) is 18.9 Å². The Morgan fingerprint density at radius 1 is 1.50 bits per heavy atom. The molecule has 0 saturated heterocycles. The number of aromatic nitrogens is 2. The Bertz CT molecular complexity index is 518. The second-order valence-corrected chi connectivity index (χ2v) is 5.82. The lowest BCUT2D eigenvalue weighted by Crippen LogP contribution is -2.25. The molecule has 1 aromatic rings. The molecule has 0 spiro atoms. The number of nitrogens with two attached hydrogens (primary N) is 1. The zero-order chi connectivity index (χ0) is 11.3. The van der Waals surface area contributed by atoms with Crippen molar-refractivity contribution >= 4 is 10.0 Å². The number of primary sulfonamides is 1. The first kappa shape index (κ1) is 10.2. The molecule has 1 unspecified atom stereocenters. The maximum absolute atomic E-state index is 11.2. The molecule has 88 valence electrons. The molecular formula is C9H13N3O3S. The number of hydrogen-bond acceptors (Lipinski definition) is 4. The van der Waals surface area contributed by atoms with Crippen molar-refractivity contribution < 1.29 is 13.2 Å². The van der Waals surface area contributed by atoms with E-state index >= 15 is 0 Å². The van der Waals surface area contributed by atoms with Crippen LogP contribution in [0.3, 0.4) is 0 Å². The average Bonchev–Trinajstić information content (AvgIpc) is 2.93. The quantitative estimate of drug-likeness (QED) is 0.792. The monoisotopic (exact) mass is 243 g/mol. The Balaban J connectivity index is 2.04. The van der Waals surface area contributed by atoms with Crippen LogP contribution in [0.25, 0.3) is 0 Å². The van der Waals surface area contributed by atoms with E-state index < -0.39 is 10.0 Å². The SMILES string of the molecule is NS(=O)(=O)c1cc2n(n1)C(C1CC1)OCC2. The predicted octanol–water partition coefficient (Wildman–Crippen LogP) is 0.0118. The molecule has 3 rings (SSSR count). The molecular weight excluding hydrogens is 230 g/mol. The molecule has 6 nitrogen and oxygen atoms in total. The highest BCUT2D eigenvalue weighted by atomic mass is 32.2. The molecule has 1 atom stereocenters. The molecule has 0 amide bonds. The summed E-state index contributed by atoms with van der Waals surface area (Å²) in [7, 11) is -3.71. The topological polar surface area (TPSA) is 87.2 Å². The van der Waals surface area contributed by atoms with Crippen molar-refractivity contribution in [3.8, 4) is 0 Å². The number of nitrogens with zero attached hydrogens (tertiary/aromatic N) is 2. The molecule has 1 aliphatic heterocycles. The molecule has 1 aliphatic carbocycles.